The number of hydrogen-bond acceptors (Lipinski definition) is 7. The third-order valence-corrected chi connectivity index (χ3v) is 3.08. The number of aromatic nitrogens is 2. The minimum absolute atomic E-state index is 0.160. The smallest absolute Gasteiger partial charge is 0.191 e. The summed E-state index contributed by atoms with van der Waals surface area (Å²) in [5.41, 5.74) is 3.45. The Balaban J connectivity index is 2.14. The van der Waals surface area contributed by atoms with Gasteiger partial charge in [-0.25, -0.2) is 15.8 Å². The van der Waals surface area contributed by atoms with E-state index in [9.17, 15) is 0 Å². The summed E-state index contributed by atoms with van der Waals surface area (Å²) in [5.74, 6) is 7.49. The van der Waals surface area contributed by atoms with Gasteiger partial charge in [-0.1, -0.05) is 11.8 Å². The van der Waals surface area contributed by atoms with Gasteiger partial charge in [0.15, 0.2) is 5.16 Å². The Hall–Kier alpha value is -1.99. The van der Waals surface area contributed by atoms with Crippen LogP contribution in [-0.2, 0) is 0 Å². The summed E-state index contributed by atoms with van der Waals surface area (Å²) in [6, 6.07) is 9.46. The lowest BCUT2D eigenvalue weighted by Crippen LogP contribution is -2.10. The summed E-state index contributed by atoms with van der Waals surface area (Å²) in [6.45, 7) is 4.00. The number of hydrazine groups is 1. The normalized spacial score (nSPS) is 10.5. The van der Waals surface area contributed by atoms with E-state index in [1.807, 2.05) is 44.4 Å². The van der Waals surface area contributed by atoms with E-state index < -0.39 is 0 Å². The summed E-state index contributed by atoms with van der Waals surface area (Å²) in [4.78, 5) is 8.59. The van der Waals surface area contributed by atoms with Gasteiger partial charge in [-0.3, -0.25) is 0 Å². The molecule has 2 aromatic rings. The van der Waals surface area contributed by atoms with Gasteiger partial charge in [0.1, 0.15) is 17.4 Å². The molecule has 4 N–H and O–H groups in total. The Morgan fingerprint density at radius 1 is 1.14 bits per heavy atom. The van der Waals surface area contributed by atoms with E-state index in [2.05, 4.69) is 20.7 Å². The lowest BCUT2D eigenvalue weighted by atomic mass is 10.3. The van der Waals surface area contributed by atoms with E-state index in [4.69, 9.17) is 10.6 Å². The Bertz CT molecular complexity index is 566. The Kier molecular flexibility index (Phi) is 5.24. The van der Waals surface area contributed by atoms with Crippen molar-refractivity contribution in [3.63, 3.8) is 0 Å². The highest BCUT2D eigenvalue weighted by atomic mass is 32.2. The van der Waals surface area contributed by atoms with Gasteiger partial charge in [-0.05, 0) is 44.4 Å². The van der Waals surface area contributed by atoms with Crippen molar-refractivity contribution in [2.45, 2.75) is 25.1 Å². The van der Waals surface area contributed by atoms with E-state index in [1.165, 1.54) is 11.8 Å². The Morgan fingerprint density at radius 2 is 1.81 bits per heavy atom. The average molecular weight is 305 g/mol. The van der Waals surface area contributed by atoms with Gasteiger partial charge in [-0.15, -0.1) is 0 Å². The van der Waals surface area contributed by atoms with Gasteiger partial charge in [0, 0.05) is 11.8 Å². The molecule has 0 amide bonds. The molecule has 6 nitrogen and oxygen atoms in total. The molecule has 1 aromatic heterocycles. The van der Waals surface area contributed by atoms with E-state index in [-0.39, 0.29) is 6.10 Å². The monoisotopic (exact) mass is 305 g/mol. The summed E-state index contributed by atoms with van der Waals surface area (Å²) < 4.78 is 5.61. The minimum Gasteiger partial charge on any atom is -0.491 e. The number of nitrogens with zero attached hydrogens (tertiary/aromatic N) is 2. The van der Waals surface area contributed by atoms with Crippen LogP contribution in [0.2, 0.25) is 0 Å². The fourth-order valence-electron chi connectivity index (χ4n) is 1.69. The molecule has 1 aromatic carbocycles. The second-order valence-corrected chi connectivity index (χ2v) is 5.36. The van der Waals surface area contributed by atoms with Crippen LogP contribution in [0.3, 0.4) is 0 Å². The summed E-state index contributed by atoms with van der Waals surface area (Å²) >= 11 is 1.45. The number of benzene rings is 1. The number of thioether (sulfide) groups is 1. The molecule has 0 atom stereocenters. The largest absolute Gasteiger partial charge is 0.491 e. The van der Waals surface area contributed by atoms with Crippen LogP contribution in [0.15, 0.2) is 35.5 Å². The lowest BCUT2D eigenvalue weighted by molar-refractivity contribution is 0.242. The molecular weight excluding hydrogens is 286 g/mol. The number of nitrogen functional groups attached to an aromatic ring is 1. The Morgan fingerprint density at radius 3 is 2.38 bits per heavy atom. The number of hydrogen-bond donors (Lipinski definition) is 3. The maximum Gasteiger partial charge on any atom is 0.191 e. The molecule has 0 aliphatic rings. The molecule has 112 valence electrons. The first-order valence-corrected chi connectivity index (χ1v) is 7.76. The van der Waals surface area contributed by atoms with Gasteiger partial charge in [-0.2, -0.15) is 0 Å². The molecule has 21 heavy (non-hydrogen) atoms. The summed E-state index contributed by atoms with van der Waals surface area (Å²) in [5, 5.41) is 3.86. The van der Waals surface area contributed by atoms with Crippen molar-refractivity contribution >= 4 is 29.1 Å². The predicted molar refractivity (Wildman–Crippen MR) is 87.1 cm³/mol. The van der Waals surface area contributed by atoms with Crippen molar-refractivity contribution in [1.29, 1.82) is 0 Å². The van der Waals surface area contributed by atoms with Gasteiger partial charge in [0.2, 0.25) is 0 Å². The van der Waals surface area contributed by atoms with Crippen molar-refractivity contribution in [2.75, 3.05) is 17.0 Å². The van der Waals surface area contributed by atoms with Gasteiger partial charge in [0.05, 0.1) is 6.10 Å². The number of rotatable bonds is 6. The first-order valence-electron chi connectivity index (χ1n) is 6.54. The maximum atomic E-state index is 5.61. The van der Waals surface area contributed by atoms with Gasteiger partial charge >= 0.3 is 0 Å². The van der Waals surface area contributed by atoms with Crippen LogP contribution in [-0.4, -0.2) is 22.3 Å². The second-order valence-electron chi connectivity index (χ2n) is 4.59. The number of nitrogens with one attached hydrogen (secondary N) is 2. The highest BCUT2D eigenvalue weighted by Crippen LogP contribution is 2.22. The second kappa shape index (κ2) is 7.14. The van der Waals surface area contributed by atoms with Crippen molar-refractivity contribution < 1.29 is 4.74 Å². The first-order chi connectivity index (χ1) is 10.1. The van der Waals surface area contributed by atoms with Crippen LogP contribution in [0.25, 0.3) is 0 Å². The topological polar surface area (TPSA) is 85.1 Å². The standard InChI is InChI=1S/C14H19N5OS/c1-9(2)20-11-6-4-10(5-7-11)16-12-8-13(19-15)18-14(17-12)21-3/h4-9H,15H2,1-3H3,(H2,16,17,18,19). The van der Waals surface area contributed by atoms with Crippen LogP contribution >= 0.6 is 11.8 Å². The van der Waals surface area contributed by atoms with E-state index >= 15 is 0 Å². The molecule has 0 unspecified atom stereocenters. The lowest BCUT2D eigenvalue weighted by Gasteiger charge is -2.11. The Labute approximate surface area is 128 Å². The summed E-state index contributed by atoms with van der Waals surface area (Å²) in [7, 11) is 0. The number of anilines is 3. The maximum absolute atomic E-state index is 5.61. The number of nitrogens with two attached hydrogens (primary N) is 1. The molecule has 0 fully saturated rings. The SMILES string of the molecule is CSc1nc(NN)cc(Nc2ccc(OC(C)C)cc2)n1. The van der Waals surface area contributed by atoms with Crippen molar-refractivity contribution in [3.8, 4) is 5.75 Å². The highest BCUT2D eigenvalue weighted by molar-refractivity contribution is 7.98. The average Bonchev–Trinajstić information content (AvgIpc) is 2.48. The molecule has 2 rings (SSSR count). The van der Waals surface area contributed by atoms with Crippen molar-refractivity contribution in [1.82, 2.24) is 9.97 Å². The molecule has 0 bridgehead atoms. The third kappa shape index (κ3) is 4.51. The number of ether oxygens (including phenoxy) is 1. The third-order valence-electron chi connectivity index (χ3n) is 2.53. The molecule has 7 heteroatoms. The molecule has 0 saturated carbocycles. The molecule has 1 heterocycles. The quantitative estimate of drug-likeness (QED) is 0.327. The van der Waals surface area contributed by atoms with Crippen LogP contribution in [0.4, 0.5) is 17.3 Å². The van der Waals surface area contributed by atoms with Crippen molar-refractivity contribution in [3.05, 3.63) is 30.3 Å². The van der Waals surface area contributed by atoms with E-state index in [0.717, 1.165) is 11.4 Å². The zero-order valence-corrected chi connectivity index (χ0v) is 13.1. The molecule has 0 saturated heterocycles. The fraction of sp³-hybridized carbons (Fsp3) is 0.286. The van der Waals surface area contributed by atoms with Gasteiger partial charge in [0.25, 0.3) is 0 Å². The summed E-state index contributed by atoms with van der Waals surface area (Å²) in [6.07, 6.45) is 2.07. The van der Waals surface area contributed by atoms with Crippen LogP contribution in [0.5, 0.6) is 5.75 Å². The molecule has 0 radical (unpaired) electrons. The van der Waals surface area contributed by atoms with Crippen LogP contribution < -0.4 is 21.3 Å². The first kappa shape index (κ1) is 15.4. The van der Waals surface area contributed by atoms with E-state index in [0.29, 0.717) is 16.8 Å². The molecular formula is C14H19N5OS. The zero-order valence-electron chi connectivity index (χ0n) is 12.3. The van der Waals surface area contributed by atoms with Gasteiger partial charge < -0.3 is 15.5 Å². The van der Waals surface area contributed by atoms with Crippen molar-refractivity contribution in [2.24, 2.45) is 5.84 Å². The molecule has 0 spiro atoms. The van der Waals surface area contributed by atoms with Crippen LogP contribution in [0, 0.1) is 0 Å². The fourth-order valence-corrected chi connectivity index (χ4v) is 2.07. The molecule has 0 aliphatic carbocycles. The highest BCUT2D eigenvalue weighted by Gasteiger charge is 2.04. The van der Waals surface area contributed by atoms with E-state index in [1.54, 1.807) is 6.07 Å². The zero-order chi connectivity index (χ0) is 15.2. The minimum atomic E-state index is 0.160. The van der Waals surface area contributed by atoms with Crippen LogP contribution in [0.1, 0.15) is 13.8 Å². The molecule has 0 aliphatic heterocycles. The predicted octanol–water partition coefficient (Wildman–Crippen LogP) is 3.01.